The van der Waals surface area contributed by atoms with Crippen molar-refractivity contribution in [1.29, 1.82) is 0 Å². The molecule has 0 radical (unpaired) electrons. The molecule has 0 aliphatic carbocycles. The number of ether oxygens (including phenoxy) is 1. The molecular weight excluding hydrogens is 270 g/mol. The number of nitrogens with one attached hydrogen (secondary N) is 1. The topological polar surface area (TPSA) is 141 Å². The number of nitrogens with zero attached hydrogens (tertiary/aromatic N) is 2. The van der Waals surface area contributed by atoms with E-state index < -0.39 is 37.1 Å². The first-order valence-corrected chi connectivity index (χ1v) is 6.34. The smallest absolute Gasteiger partial charge is 0.321 e. The average molecular weight is 289 g/mol. The fourth-order valence-electron chi connectivity index (χ4n) is 1.97. The van der Waals surface area contributed by atoms with E-state index in [0.717, 1.165) is 0 Å². The highest BCUT2D eigenvalue weighted by Gasteiger charge is 2.45. The predicted molar refractivity (Wildman–Crippen MR) is 65.8 cm³/mol. The molecule has 0 unspecified atom stereocenters. The molecule has 2 heterocycles. The summed E-state index contributed by atoms with van der Waals surface area (Å²) in [5.74, 6) is 0.0325. The predicted octanol–water partition coefficient (Wildman–Crippen LogP) is -1.60. The third-order valence-electron chi connectivity index (χ3n) is 3.00. The third kappa shape index (κ3) is 2.91. The van der Waals surface area contributed by atoms with Crippen LogP contribution < -0.4 is 5.32 Å². The lowest BCUT2D eigenvalue weighted by molar-refractivity contribution is -0.233. The van der Waals surface area contributed by atoms with E-state index in [1.807, 2.05) is 13.8 Å². The Kier molecular flexibility index (Phi) is 4.55. The van der Waals surface area contributed by atoms with Gasteiger partial charge in [-0.15, -0.1) is 0 Å². The Balaban J connectivity index is 2.16. The molecular formula is C11H19N3O6. The maximum atomic E-state index is 9.91. The number of aliphatic hydroxyl groups is 4. The van der Waals surface area contributed by atoms with E-state index in [9.17, 15) is 15.3 Å². The van der Waals surface area contributed by atoms with Crippen LogP contribution in [0.15, 0.2) is 4.52 Å². The van der Waals surface area contributed by atoms with Crippen molar-refractivity contribution >= 4 is 6.01 Å². The quantitative estimate of drug-likeness (QED) is 0.443. The van der Waals surface area contributed by atoms with Gasteiger partial charge < -0.3 is 35.0 Å². The highest BCUT2D eigenvalue weighted by Crippen LogP contribution is 2.31. The van der Waals surface area contributed by atoms with Crippen LogP contribution in [-0.2, 0) is 4.74 Å². The Bertz CT molecular complexity index is 438. The third-order valence-corrected chi connectivity index (χ3v) is 3.00. The number of hydrogen-bond acceptors (Lipinski definition) is 9. The van der Waals surface area contributed by atoms with E-state index in [1.54, 1.807) is 0 Å². The number of aromatic nitrogens is 2. The molecule has 0 bridgehead atoms. The first kappa shape index (κ1) is 15.1. The van der Waals surface area contributed by atoms with Crippen LogP contribution in [0.3, 0.4) is 0 Å². The second-order valence-electron chi connectivity index (χ2n) is 5.01. The molecule has 9 heteroatoms. The van der Waals surface area contributed by atoms with E-state index in [4.69, 9.17) is 14.4 Å². The number of aliphatic hydroxyl groups excluding tert-OH is 4. The molecule has 1 aliphatic heterocycles. The van der Waals surface area contributed by atoms with Crippen molar-refractivity contribution in [2.75, 3.05) is 11.9 Å². The summed E-state index contributed by atoms with van der Waals surface area (Å²) in [4.78, 5) is 4.00. The van der Waals surface area contributed by atoms with Crippen LogP contribution in [0, 0.1) is 0 Å². The Morgan fingerprint density at radius 1 is 1.20 bits per heavy atom. The van der Waals surface area contributed by atoms with Crippen molar-refractivity contribution in [3.63, 3.8) is 0 Å². The molecule has 114 valence electrons. The van der Waals surface area contributed by atoms with Gasteiger partial charge in [-0.3, -0.25) is 0 Å². The summed E-state index contributed by atoms with van der Waals surface area (Å²) in [5.41, 5.74) is 0. The monoisotopic (exact) mass is 289 g/mol. The molecule has 2 rings (SSSR count). The standard InChI is InChI=1S/C11H19N3O6/c1-4(2)12-11-13-10(14-20-11)9-8(18)7(17)6(16)5(3-15)19-9/h4-9,15-18H,3H2,1-2H3,(H,12,13,14)/t5-,6-,7+,8-,9-/m1/s1. The molecule has 0 aromatic carbocycles. The van der Waals surface area contributed by atoms with E-state index in [0.29, 0.717) is 0 Å². The molecule has 20 heavy (non-hydrogen) atoms. The zero-order valence-electron chi connectivity index (χ0n) is 11.2. The van der Waals surface area contributed by atoms with Crippen molar-refractivity contribution in [2.24, 2.45) is 0 Å². The lowest BCUT2D eigenvalue weighted by atomic mass is 9.95. The van der Waals surface area contributed by atoms with E-state index in [-0.39, 0.29) is 17.9 Å². The highest BCUT2D eigenvalue weighted by atomic mass is 16.6. The second kappa shape index (κ2) is 6.02. The highest BCUT2D eigenvalue weighted by molar-refractivity contribution is 5.20. The van der Waals surface area contributed by atoms with Gasteiger partial charge in [-0.05, 0) is 13.8 Å². The summed E-state index contributed by atoms with van der Waals surface area (Å²) >= 11 is 0. The fraction of sp³-hybridized carbons (Fsp3) is 0.818. The summed E-state index contributed by atoms with van der Waals surface area (Å²) < 4.78 is 10.3. The van der Waals surface area contributed by atoms with Gasteiger partial charge in [0.05, 0.1) is 6.61 Å². The number of anilines is 1. The zero-order valence-corrected chi connectivity index (χ0v) is 11.2. The first-order valence-electron chi connectivity index (χ1n) is 6.34. The molecule has 9 nitrogen and oxygen atoms in total. The fourth-order valence-corrected chi connectivity index (χ4v) is 1.97. The first-order chi connectivity index (χ1) is 9.43. The Morgan fingerprint density at radius 3 is 2.50 bits per heavy atom. The van der Waals surface area contributed by atoms with Gasteiger partial charge in [0.15, 0.2) is 0 Å². The maximum absolute atomic E-state index is 9.91. The van der Waals surface area contributed by atoms with Gasteiger partial charge in [0, 0.05) is 6.04 Å². The van der Waals surface area contributed by atoms with Gasteiger partial charge in [-0.1, -0.05) is 5.16 Å². The minimum absolute atomic E-state index is 0.0325. The summed E-state index contributed by atoms with van der Waals surface area (Å²) in [6, 6.07) is 0.241. The summed E-state index contributed by atoms with van der Waals surface area (Å²) in [5, 5.41) is 44.9. The van der Waals surface area contributed by atoms with E-state index in [2.05, 4.69) is 15.5 Å². The summed E-state index contributed by atoms with van der Waals surface area (Å²) in [6.45, 7) is 3.27. The Labute approximate surface area is 115 Å². The largest absolute Gasteiger partial charge is 0.394 e. The molecule has 1 saturated heterocycles. The van der Waals surface area contributed by atoms with Crippen LogP contribution in [0.25, 0.3) is 0 Å². The maximum Gasteiger partial charge on any atom is 0.321 e. The Hall–Kier alpha value is -1.26. The van der Waals surface area contributed by atoms with Gasteiger partial charge in [-0.2, -0.15) is 4.98 Å². The average Bonchev–Trinajstić information content (AvgIpc) is 2.84. The molecule has 5 N–H and O–H groups in total. The minimum Gasteiger partial charge on any atom is -0.394 e. The SMILES string of the molecule is CC(C)Nc1nc([C@@H]2O[C@H](CO)[C@@H](O)[C@H](O)[C@H]2O)no1. The van der Waals surface area contributed by atoms with Crippen molar-refractivity contribution in [1.82, 2.24) is 10.1 Å². The molecule has 1 aromatic rings. The number of rotatable bonds is 4. The van der Waals surface area contributed by atoms with E-state index >= 15 is 0 Å². The number of hydrogen-bond donors (Lipinski definition) is 5. The molecule has 0 amide bonds. The van der Waals surface area contributed by atoms with Gasteiger partial charge in [0.25, 0.3) is 0 Å². The van der Waals surface area contributed by atoms with Crippen LogP contribution in [-0.4, -0.2) is 67.6 Å². The minimum atomic E-state index is -1.47. The van der Waals surface area contributed by atoms with Crippen LogP contribution in [0.4, 0.5) is 6.01 Å². The van der Waals surface area contributed by atoms with Gasteiger partial charge in [0.2, 0.25) is 5.82 Å². The lowest BCUT2D eigenvalue weighted by Gasteiger charge is -2.38. The molecule has 1 aliphatic rings. The summed E-state index contributed by atoms with van der Waals surface area (Å²) in [6.07, 6.45) is -6.38. The van der Waals surface area contributed by atoms with Crippen molar-refractivity contribution in [3.05, 3.63) is 5.82 Å². The molecule has 5 atom stereocenters. The van der Waals surface area contributed by atoms with Gasteiger partial charge in [0.1, 0.15) is 30.5 Å². The molecule has 0 saturated carbocycles. The summed E-state index contributed by atoms with van der Waals surface area (Å²) in [7, 11) is 0. The van der Waals surface area contributed by atoms with Gasteiger partial charge >= 0.3 is 6.01 Å². The lowest BCUT2D eigenvalue weighted by Crippen LogP contribution is -2.55. The Morgan fingerprint density at radius 2 is 1.90 bits per heavy atom. The normalized spacial score (nSPS) is 34.5. The van der Waals surface area contributed by atoms with Crippen LogP contribution >= 0.6 is 0 Å². The van der Waals surface area contributed by atoms with Crippen molar-refractivity contribution < 1.29 is 29.7 Å². The molecule has 1 fully saturated rings. The van der Waals surface area contributed by atoms with Crippen LogP contribution in [0.1, 0.15) is 25.8 Å². The van der Waals surface area contributed by atoms with Crippen LogP contribution in [0.2, 0.25) is 0 Å². The van der Waals surface area contributed by atoms with Gasteiger partial charge in [-0.25, -0.2) is 0 Å². The van der Waals surface area contributed by atoms with Crippen molar-refractivity contribution in [2.45, 2.75) is 50.4 Å². The van der Waals surface area contributed by atoms with Crippen molar-refractivity contribution in [3.8, 4) is 0 Å². The van der Waals surface area contributed by atoms with E-state index in [1.165, 1.54) is 0 Å². The molecule has 1 aromatic heterocycles. The van der Waals surface area contributed by atoms with Crippen LogP contribution in [0.5, 0.6) is 0 Å². The second-order valence-corrected chi connectivity index (χ2v) is 5.01. The molecule has 0 spiro atoms. The zero-order chi connectivity index (χ0) is 14.9.